The molecule has 0 aliphatic carbocycles. The summed E-state index contributed by atoms with van der Waals surface area (Å²) in [6.07, 6.45) is 0. The van der Waals surface area contributed by atoms with Gasteiger partial charge in [-0.1, -0.05) is 0 Å². The molecule has 0 aliphatic rings. The molecule has 72 valence electrons. The van der Waals surface area contributed by atoms with Crippen LogP contribution in [-0.2, 0) is 0 Å². The summed E-state index contributed by atoms with van der Waals surface area (Å²) in [6, 6.07) is 7.05. The largest absolute Gasteiger partial charge is 0.413 e. The summed E-state index contributed by atoms with van der Waals surface area (Å²) >= 11 is 0. The minimum Gasteiger partial charge on any atom is -0.413 e. The van der Waals surface area contributed by atoms with Crippen molar-refractivity contribution < 1.29 is 9.23 Å². The molecule has 0 amide bonds. The molecule has 0 unspecified atom stereocenters. The lowest BCUT2D eigenvalue weighted by Crippen LogP contribution is -2.23. The quantitative estimate of drug-likeness (QED) is 0.681. The van der Waals surface area contributed by atoms with Crippen molar-refractivity contribution in [2.24, 2.45) is 0 Å². The smallest absolute Gasteiger partial charge is 0.283 e. The molecular formula is C10H8FNO2. The highest BCUT2D eigenvalue weighted by atomic mass is 19.1. The number of halogens is 1. The zero-order chi connectivity index (χ0) is 10.1. The van der Waals surface area contributed by atoms with Crippen molar-refractivity contribution in [1.82, 2.24) is 4.73 Å². The van der Waals surface area contributed by atoms with Crippen LogP contribution in [0, 0.1) is 5.82 Å². The van der Waals surface area contributed by atoms with Gasteiger partial charge in [0, 0.05) is 11.5 Å². The first-order valence-electron chi connectivity index (χ1n) is 4.08. The minimum atomic E-state index is -0.334. The third-order valence-corrected chi connectivity index (χ3v) is 2.00. The molecular weight excluding hydrogens is 185 g/mol. The van der Waals surface area contributed by atoms with Crippen molar-refractivity contribution >= 4 is 10.9 Å². The van der Waals surface area contributed by atoms with Gasteiger partial charge in [0.05, 0.1) is 5.52 Å². The van der Waals surface area contributed by atoms with E-state index < -0.39 is 0 Å². The van der Waals surface area contributed by atoms with Gasteiger partial charge in [-0.3, -0.25) is 4.79 Å². The van der Waals surface area contributed by atoms with Gasteiger partial charge in [-0.2, -0.15) is 0 Å². The summed E-state index contributed by atoms with van der Waals surface area (Å²) in [6.45, 7) is 0. The second kappa shape index (κ2) is 3.14. The van der Waals surface area contributed by atoms with Gasteiger partial charge in [-0.05, 0) is 24.3 Å². The van der Waals surface area contributed by atoms with Crippen LogP contribution in [0.15, 0.2) is 35.1 Å². The highest BCUT2D eigenvalue weighted by molar-refractivity contribution is 5.78. The molecule has 0 bridgehead atoms. The van der Waals surface area contributed by atoms with E-state index in [-0.39, 0.29) is 11.4 Å². The number of pyridine rings is 1. The van der Waals surface area contributed by atoms with Gasteiger partial charge in [-0.25, -0.2) is 4.39 Å². The second-order valence-corrected chi connectivity index (χ2v) is 2.85. The van der Waals surface area contributed by atoms with E-state index in [2.05, 4.69) is 0 Å². The molecule has 1 heterocycles. The Labute approximate surface area is 79.3 Å². The summed E-state index contributed by atoms with van der Waals surface area (Å²) in [4.78, 5) is 16.2. The molecule has 0 saturated carbocycles. The van der Waals surface area contributed by atoms with Crippen LogP contribution in [0.1, 0.15) is 0 Å². The van der Waals surface area contributed by atoms with Gasteiger partial charge in [0.2, 0.25) is 0 Å². The third-order valence-electron chi connectivity index (χ3n) is 2.00. The molecule has 0 radical (unpaired) electrons. The fourth-order valence-corrected chi connectivity index (χ4v) is 1.38. The fraction of sp³-hybridized carbons (Fsp3) is 0.100. The summed E-state index contributed by atoms with van der Waals surface area (Å²) in [7, 11) is 1.39. The first-order valence-corrected chi connectivity index (χ1v) is 4.08. The maximum atomic E-state index is 12.8. The SMILES string of the molecule is COn1c(=O)ccc2cc(F)ccc21. The van der Waals surface area contributed by atoms with Crippen LogP contribution < -0.4 is 10.4 Å². The highest BCUT2D eigenvalue weighted by Crippen LogP contribution is 2.12. The first kappa shape index (κ1) is 8.74. The van der Waals surface area contributed by atoms with Crippen molar-refractivity contribution in [2.75, 3.05) is 7.11 Å². The number of nitrogens with zero attached hydrogens (tertiary/aromatic N) is 1. The Kier molecular flexibility index (Phi) is 1.96. The van der Waals surface area contributed by atoms with E-state index in [0.717, 1.165) is 4.73 Å². The molecule has 14 heavy (non-hydrogen) atoms. The minimum absolute atomic E-state index is 0.272. The van der Waals surface area contributed by atoms with E-state index in [4.69, 9.17) is 4.84 Å². The van der Waals surface area contributed by atoms with Crippen molar-refractivity contribution in [3.8, 4) is 0 Å². The lowest BCUT2D eigenvalue weighted by molar-refractivity contribution is 0.169. The van der Waals surface area contributed by atoms with Crippen molar-refractivity contribution in [2.45, 2.75) is 0 Å². The molecule has 0 spiro atoms. The molecule has 0 aliphatic heterocycles. The summed E-state index contributed by atoms with van der Waals surface area (Å²) in [5.74, 6) is -0.334. The standard InChI is InChI=1S/C10H8FNO2/c1-14-12-9-4-3-8(11)6-7(9)2-5-10(12)13/h2-6H,1H3. The lowest BCUT2D eigenvalue weighted by atomic mass is 10.2. The normalized spacial score (nSPS) is 10.4. The van der Waals surface area contributed by atoms with Gasteiger partial charge in [-0.15, -0.1) is 4.73 Å². The van der Waals surface area contributed by atoms with E-state index in [1.165, 1.54) is 31.4 Å². The molecule has 2 rings (SSSR count). The monoisotopic (exact) mass is 193 g/mol. The number of hydrogen-bond acceptors (Lipinski definition) is 2. The Bertz CT molecular complexity index is 533. The zero-order valence-electron chi connectivity index (χ0n) is 7.53. The number of aromatic nitrogens is 1. The van der Waals surface area contributed by atoms with Crippen LogP contribution in [0.5, 0.6) is 0 Å². The van der Waals surface area contributed by atoms with Crippen LogP contribution in [0.2, 0.25) is 0 Å². The van der Waals surface area contributed by atoms with Crippen molar-refractivity contribution in [3.63, 3.8) is 0 Å². The molecule has 4 heteroatoms. The van der Waals surface area contributed by atoms with Crippen LogP contribution in [0.4, 0.5) is 4.39 Å². The Hall–Kier alpha value is -1.84. The van der Waals surface area contributed by atoms with Crippen LogP contribution in [0.25, 0.3) is 10.9 Å². The molecule has 0 N–H and O–H groups in total. The molecule has 3 nitrogen and oxygen atoms in total. The van der Waals surface area contributed by atoms with Crippen LogP contribution in [-0.4, -0.2) is 11.8 Å². The molecule has 1 aromatic carbocycles. The number of benzene rings is 1. The number of hydrogen-bond donors (Lipinski definition) is 0. The molecule has 0 atom stereocenters. The summed E-state index contributed by atoms with van der Waals surface area (Å²) in [5, 5.41) is 0.631. The third kappa shape index (κ3) is 1.25. The molecule has 0 fully saturated rings. The van der Waals surface area contributed by atoms with E-state index in [0.29, 0.717) is 10.9 Å². The lowest BCUT2D eigenvalue weighted by Gasteiger charge is -2.06. The van der Waals surface area contributed by atoms with Crippen LogP contribution in [0.3, 0.4) is 0 Å². The number of fused-ring (bicyclic) bond motifs is 1. The molecule has 0 saturated heterocycles. The van der Waals surface area contributed by atoms with Crippen molar-refractivity contribution in [1.29, 1.82) is 0 Å². The summed E-state index contributed by atoms with van der Waals surface area (Å²) < 4.78 is 14.0. The molecule has 2 aromatic rings. The highest BCUT2D eigenvalue weighted by Gasteiger charge is 2.02. The number of rotatable bonds is 1. The van der Waals surface area contributed by atoms with Gasteiger partial charge in [0.25, 0.3) is 5.56 Å². The van der Waals surface area contributed by atoms with E-state index in [1.54, 1.807) is 6.07 Å². The van der Waals surface area contributed by atoms with Crippen LogP contribution >= 0.6 is 0 Å². The maximum absolute atomic E-state index is 12.8. The van der Waals surface area contributed by atoms with Gasteiger partial charge in [0.15, 0.2) is 0 Å². The Morgan fingerprint density at radius 3 is 2.79 bits per heavy atom. The predicted molar refractivity (Wildman–Crippen MR) is 50.7 cm³/mol. The molecule has 1 aromatic heterocycles. The zero-order valence-corrected chi connectivity index (χ0v) is 7.53. The van der Waals surface area contributed by atoms with E-state index >= 15 is 0 Å². The first-order chi connectivity index (χ1) is 6.72. The average Bonchev–Trinajstić information content (AvgIpc) is 2.18. The van der Waals surface area contributed by atoms with Gasteiger partial charge in [0.1, 0.15) is 12.9 Å². The Morgan fingerprint density at radius 2 is 2.07 bits per heavy atom. The Morgan fingerprint density at radius 1 is 1.29 bits per heavy atom. The van der Waals surface area contributed by atoms with E-state index in [1.807, 2.05) is 0 Å². The second-order valence-electron chi connectivity index (χ2n) is 2.85. The van der Waals surface area contributed by atoms with Gasteiger partial charge < -0.3 is 4.84 Å². The topological polar surface area (TPSA) is 31.2 Å². The van der Waals surface area contributed by atoms with Gasteiger partial charge >= 0.3 is 0 Å². The fourth-order valence-electron chi connectivity index (χ4n) is 1.38. The average molecular weight is 193 g/mol. The van der Waals surface area contributed by atoms with E-state index in [9.17, 15) is 9.18 Å². The van der Waals surface area contributed by atoms with Crippen molar-refractivity contribution in [3.05, 3.63) is 46.5 Å². The predicted octanol–water partition coefficient (Wildman–Crippen LogP) is 1.20. The summed E-state index contributed by atoms with van der Waals surface area (Å²) in [5.41, 5.74) is 0.285. The Balaban J connectivity index is 2.89. The maximum Gasteiger partial charge on any atom is 0.283 e.